The zero-order chi connectivity index (χ0) is 13.4. The van der Waals surface area contributed by atoms with Crippen molar-refractivity contribution >= 4 is 33.2 Å². The third-order valence-corrected chi connectivity index (χ3v) is 4.40. The number of hydrazone groups is 1. The number of aromatic nitrogens is 2. The molecule has 1 aliphatic carbocycles. The highest BCUT2D eigenvalue weighted by atomic mass is 32.1. The van der Waals surface area contributed by atoms with Gasteiger partial charge in [-0.2, -0.15) is 5.10 Å². The quantitative estimate of drug-likeness (QED) is 0.654. The third-order valence-electron chi connectivity index (χ3n) is 3.21. The summed E-state index contributed by atoms with van der Waals surface area (Å²) in [7, 11) is 0. The monoisotopic (exact) mass is 276 g/mol. The van der Waals surface area contributed by atoms with E-state index in [1.165, 1.54) is 16.9 Å². The van der Waals surface area contributed by atoms with Crippen LogP contribution in [0, 0.1) is 0 Å². The van der Waals surface area contributed by atoms with Gasteiger partial charge in [0.25, 0.3) is 5.56 Å². The second kappa shape index (κ2) is 4.77. The maximum Gasteiger partial charge on any atom is 0.261 e. The molecule has 0 aliphatic heterocycles. The number of aromatic amines is 1. The van der Waals surface area contributed by atoms with E-state index in [-0.39, 0.29) is 5.56 Å². The Kier molecular flexibility index (Phi) is 3.10. The Morgan fingerprint density at radius 3 is 2.95 bits per heavy atom. The number of aryl methyl sites for hydroxylation is 2. The summed E-state index contributed by atoms with van der Waals surface area (Å²) in [4.78, 5) is 21.6. The highest BCUT2D eigenvalue weighted by Gasteiger charge is 2.19. The van der Waals surface area contributed by atoms with E-state index >= 15 is 0 Å². The summed E-state index contributed by atoms with van der Waals surface area (Å²) in [6.07, 6.45) is 4.45. The number of anilines is 1. The molecule has 2 aromatic heterocycles. The van der Waals surface area contributed by atoms with Crippen LogP contribution >= 0.6 is 11.3 Å². The van der Waals surface area contributed by atoms with Crippen molar-refractivity contribution < 1.29 is 0 Å². The lowest BCUT2D eigenvalue weighted by molar-refractivity contribution is 0.700. The molecule has 0 atom stereocenters. The first-order chi connectivity index (χ1) is 9.15. The van der Waals surface area contributed by atoms with Crippen molar-refractivity contribution in [3.63, 3.8) is 0 Å². The van der Waals surface area contributed by atoms with Gasteiger partial charge in [0.15, 0.2) is 0 Å². The van der Waals surface area contributed by atoms with Gasteiger partial charge in [-0.05, 0) is 45.1 Å². The Morgan fingerprint density at radius 1 is 1.37 bits per heavy atom. The standard InChI is InChI=1S/C13H16N4OS/c1-7(2)16-17-13-14-11(18)10-8-5-3-4-6-9(8)19-12(10)15-13/h3-6H2,1-2H3,(H2,14,15,17,18). The molecule has 0 spiro atoms. The predicted octanol–water partition coefficient (Wildman–Crippen LogP) is 2.67. The second-order valence-corrected chi connectivity index (χ2v) is 6.06. The third kappa shape index (κ3) is 2.28. The molecule has 3 rings (SSSR count). The summed E-state index contributed by atoms with van der Waals surface area (Å²) in [5, 5.41) is 4.84. The molecular weight excluding hydrogens is 260 g/mol. The van der Waals surface area contributed by atoms with Crippen LogP contribution in [-0.2, 0) is 12.8 Å². The van der Waals surface area contributed by atoms with Crippen LogP contribution in [0.4, 0.5) is 5.95 Å². The number of rotatable bonds is 2. The number of thiophene rings is 1. The minimum absolute atomic E-state index is 0.0594. The van der Waals surface area contributed by atoms with Crippen LogP contribution in [-0.4, -0.2) is 15.7 Å². The fourth-order valence-electron chi connectivity index (χ4n) is 2.38. The lowest BCUT2D eigenvalue weighted by Crippen LogP contribution is -2.12. The van der Waals surface area contributed by atoms with Crippen molar-refractivity contribution in [1.29, 1.82) is 0 Å². The molecule has 2 N–H and O–H groups in total. The average Bonchev–Trinajstić information content (AvgIpc) is 2.74. The first-order valence-electron chi connectivity index (χ1n) is 6.46. The minimum Gasteiger partial charge on any atom is -0.291 e. The van der Waals surface area contributed by atoms with Crippen LogP contribution in [0.2, 0.25) is 0 Å². The Hall–Kier alpha value is -1.69. The Labute approximate surface area is 114 Å². The Balaban J connectivity index is 2.11. The van der Waals surface area contributed by atoms with Gasteiger partial charge in [0.1, 0.15) is 4.83 Å². The van der Waals surface area contributed by atoms with Gasteiger partial charge in [-0.1, -0.05) is 0 Å². The Bertz CT molecular complexity index is 709. The molecule has 0 fully saturated rings. The normalized spacial score (nSPS) is 14.2. The molecule has 19 heavy (non-hydrogen) atoms. The van der Waals surface area contributed by atoms with Crippen LogP contribution in [0.5, 0.6) is 0 Å². The van der Waals surface area contributed by atoms with E-state index in [1.54, 1.807) is 11.3 Å². The van der Waals surface area contributed by atoms with Crippen molar-refractivity contribution in [2.75, 3.05) is 5.43 Å². The molecule has 0 radical (unpaired) electrons. The minimum atomic E-state index is -0.0594. The van der Waals surface area contributed by atoms with Crippen LogP contribution in [0.25, 0.3) is 10.2 Å². The van der Waals surface area contributed by atoms with Gasteiger partial charge in [-0.25, -0.2) is 10.4 Å². The van der Waals surface area contributed by atoms with E-state index in [9.17, 15) is 4.79 Å². The van der Waals surface area contributed by atoms with Gasteiger partial charge in [0.05, 0.1) is 5.39 Å². The van der Waals surface area contributed by atoms with Gasteiger partial charge in [0, 0.05) is 10.6 Å². The van der Waals surface area contributed by atoms with Crippen molar-refractivity contribution in [2.24, 2.45) is 5.10 Å². The molecule has 5 nitrogen and oxygen atoms in total. The van der Waals surface area contributed by atoms with Crippen molar-refractivity contribution in [2.45, 2.75) is 39.5 Å². The number of nitrogens with zero attached hydrogens (tertiary/aromatic N) is 2. The summed E-state index contributed by atoms with van der Waals surface area (Å²) in [6, 6.07) is 0. The molecule has 100 valence electrons. The Morgan fingerprint density at radius 2 is 2.16 bits per heavy atom. The lowest BCUT2D eigenvalue weighted by Gasteiger charge is -2.09. The number of nitrogens with one attached hydrogen (secondary N) is 2. The molecule has 6 heteroatoms. The van der Waals surface area contributed by atoms with Crippen molar-refractivity contribution in [3.05, 3.63) is 20.8 Å². The maximum atomic E-state index is 12.2. The fraction of sp³-hybridized carbons (Fsp3) is 0.462. The SMILES string of the molecule is CC(C)=NNc1nc2sc3c(c2c(=O)[nH]1)CCCC3. The van der Waals surface area contributed by atoms with E-state index in [0.717, 1.165) is 35.2 Å². The average molecular weight is 276 g/mol. The molecule has 1 aliphatic rings. The van der Waals surface area contributed by atoms with Gasteiger partial charge in [0.2, 0.25) is 5.95 Å². The van der Waals surface area contributed by atoms with Gasteiger partial charge < -0.3 is 0 Å². The number of fused-ring (bicyclic) bond motifs is 3. The smallest absolute Gasteiger partial charge is 0.261 e. The fourth-order valence-corrected chi connectivity index (χ4v) is 3.64. The summed E-state index contributed by atoms with van der Waals surface area (Å²) in [6.45, 7) is 3.76. The first kappa shape index (κ1) is 12.3. The molecule has 0 bridgehead atoms. The topological polar surface area (TPSA) is 70.1 Å². The van der Waals surface area contributed by atoms with E-state index in [2.05, 4.69) is 20.5 Å². The van der Waals surface area contributed by atoms with Crippen molar-refractivity contribution in [3.8, 4) is 0 Å². The predicted molar refractivity (Wildman–Crippen MR) is 79.3 cm³/mol. The molecule has 2 heterocycles. The summed E-state index contributed by atoms with van der Waals surface area (Å²) >= 11 is 1.64. The zero-order valence-electron chi connectivity index (χ0n) is 11.0. The largest absolute Gasteiger partial charge is 0.291 e. The summed E-state index contributed by atoms with van der Waals surface area (Å²) in [5.74, 6) is 0.414. The molecule has 0 saturated heterocycles. The zero-order valence-corrected chi connectivity index (χ0v) is 11.9. The van der Waals surface area contributed by atoms with Gasteiger partial charge in [-0.15, -0.1) is 11.3 Å². The van der Waals surface area contributed by atoms with E-state index in [0.29, 0.717) is 5.95 Å². The molecule has 2 aromatic rings. The summed E-state index contributed by atoms with van der Waals surface area (Å²) in [5.41, 5.74) is 4.82. The van der Waals surface area contributed by atoms with E-state index in [4.69, 9.17) is 0 Å². The van der Waals surface area contributed by atoms with Crippen LogP contribution < -0.4 is 11.0 Å². The molecule has 0 aromatic carbocycles. The van der Waals surface area contributed by atoms with Crippen LogP contribution in [0.3, 0.4) is 0 Å². The lowest BCUT2D eigenvalue weighted by atomic mass is 9.97. The first-order valence-corrected chi connectivity index (χ1v) is 7.28. The van der Waals surface area contributed by atoms with E-state index in [1.807, 2.05) is 13.8 Å². The van der Waals surface area contributed by atoms with E-state index < -0.39 is 0 Å². The summed E-state index contributed by atoms with van der Waals surface area (Å²) < 4.78 is 0. The number of hydrogen-bond acceptors (Lipinski definition) is 5. The molecule has 0 unspecified atom stereocenters. The number of hydrogen-bond donors (Lipinski definition) is 2. The maximum absolute atomic E-state index is 12.2. The van der Waals surface area contributed by atoms with Crippen molar-refractivity contribution in [1.82, 2.24) is 9.97 Å². The molecule has 0 saturated carbocycles. The van der Waals surface area contributed by atoms with Gasteiger partial charge in [-0.3, -0.25) is 9.78 Å². The molecule has 0 amide bonds. The van der Waals surface area contributed by atoms with Crippen LogP contribution in [0.1, 0.15) is 37.1 Å². The van der Waals surface area contributed by atoms with Gasteiger partial charge >= 0.3 is 0 Å². The van der Waals surface area contributed by atoms with Crippen LogP contribution in [0.15, 0.2) is 9.90 Å². The highest BCUT2D eigenvalue weighted by molar-refractivity contribution is 7.18. The highest BCUT2D eigenvalue weighted by Crippen LogP contribution is 2.33. The molecular formula is C13H16N4OS. The number of H-pyrrole nitrogens is 1. The second-order valence-electron chi connectivity index (χ2n) is 4.98.